The van der Waals surface area contributed by atoms with Crippen LogP contribution in [0.3, 0.4) is 0 Å². The van der Waals surface area contributed by atoms with Crippen LogP contribution in [0.5, 0.6) is 0 Å². The Balaban J connectivity index is 1.20. The van der Waals surface area contributed by atoms with Gasteiger partial charge in [-0.2, -0.15) is 0 Å². The largest absolute Gasteiger partial charge is 0.444 e. The number of fused-ring (bicyclic) bond motifs is 1. The Labute approximate surface area is 239 Å². The van der Waals surface area contributed by atoms with Gasteiger partial charge in [-0.15, -0.1) is 5.10 Å². The number of ether oxygens (including phenoxy) is 2. The molecular formula is C29H27F3N6O4. The van der Waals surface area contributed by atoms with Gasteiger partial charge < -0.3 is 19.2 Å². The van der Waals surface area contributed by atoms with Crippen LogP contribution in [-0.2, 0) is 21.6 Å². The highest BCUT2D eigenvalue weighted by Gasteiger charge is 2.79. The number of aromatic nitrogens is 3. The average molecular weight is 581 g/mol. The van der Waals surface area contributed by atoms with E-state index in [0.29, 0.717) is 0 Å². The topological polar surface area (TPSA) is 94.2 Å². The zero-order chi connectivity index (χ0) is 30.0. The number of likely N-dealkylation sites (tertiary alicyclic amines) is 1. The van der Waals surface area contributed by atoms with Gasteiger partial charge in [0.25, 0.3) is 5.54 Å². The second-order valence-electron chi connectivity index (χ2n) is 11.8. The van der Waals surface area contributed by atoms with Crippen molar-refractivity contribution in [2.75, 3.05) is 24.5 Å². The molecule has 6 rings (SSSR count). The van der Waals surface area contributed by atoms with Gasteiger partial charge in [0.15, 0.2) is 0 Å². The highest BCUT2D eigenvalue weighted by Crippen LogP contribution is 2.65. The van der Waals surface area contributed by atoms with Crippen molar-refractivity contribution < 1.29 is 32.2 Å². The summed E-state index contributed by atoms with van der Waals surface area (Å²) < 4.78 is 58.6. The smallest absolute Gasteiger partial charge is 0.414 e. The van der Waals surface area contributed by atoms with E-state index in [-0.39, 0.29) is 48.6 Å². The van der Waals surface area contributed by atoms with Crippen molar-refractivity contribution in [1.82, 2.24) is 19.9 Å². The van der Waals surface area contributed by atoms with Crippen LogP contribution in [0.25, 0.3) is 16.0 Å². The summed E-state index contributed by atoms with van der Waals surface area (Å²) in [6, 6.07) is 5.95. The van der Waals surface area contributed by atoms with E-state index in [1.54, 1.807) is 27.0 Å². The van der Waals surface area contributed by atoms with Gasteiger partial charge in [0.1, 0.15) is 34.7 Å². The van der Waals surface area contributed by atoms with Crippen molar-refractivity contribution in [3.8, 4) is 11.1 Å². The highest BCUT2D eigenvalue weighted by molar-refractivity contribution is 5.90. The normalized spacial score (nSPS) is 24.8. The number of cyclic esters (lactones) is 1. The van der Waals surface area contributed by atoms with E-state index in [9.17, 15) is 9.59 Å². The molecule has 2 amide bonds. The molecule has 1 saturated carbocycles. The molecule has 2 saturated heterocycles. The van der Waals surface area contributed by atoms with Crippen molar-refractivity contribution in [2.45, 2.75) is 44.6 Å². The SMILES string of the molecule is [C-]#[N+]C1(c2c(F)cc(-c3ccc(N4C[C@H](Cn5ccnn5)OC4=O)cc3F)cc2F)[C@@H]2CN(C(=O)OC(C)(C)C)C[C@@H]21. The number of rotatable bonds is 5. The van der Waals surface area contributed by atoms with E-state index in [0.717, 1.165) is 18.2 Å². The fraction of sp³-hybridized carbons (Fsp3) is 0.414. The molecule has 1 aliphatic carbocycles. The van der Waals surface area contributed by atoms with E-state index in [1.165, 1.54) is 32.8 Å². The van der Waals surface area contributed by atoms with Gasteiger partial charge in [0.05, 0.1) is 36.8 Å². The molecule has 13 heteroatoms. The summed E-state index contributed by atoms with van der Waals surface area (Å²) >= 11 is 0. The fourth-order valence-corrected chi connectivity index (χ4v) is 6.06. The molecule has 1 unspecified atom stereocenters. The zero-order valence-electron chi connectivity index (χ0n) is 23.1. The van der Waals surface area contributed by atoms with Crippen molar-refractivity contribution >= 4 is 17.9 Å². The number of piperidine rings is 1. The molecule has 10 nitrogen and oxygen atoms in total. The van der Waals surface area contributed by atoms with Crippen LogP contribution in [0.15, 0.2) is 42.7 Å². The first kappa shape index (κ1) is 27.6. The second kappa shape index (κ2) is 9.75. The fourth-order valence-electron chi connectivity index (χ4n) is 6.06. The molecule has 3 aliphatic rings. The van der Waals surface area contributed by atoms with Crippen LogP contribution in [0.1, 0.15) is 26.3 Å². The lowest BCUT2D eigenvalue weighted by Crippen LogP contribution is -2.38. The first-order valence-corrected chi connectivity index (χ1v) is 13.4. The van der Waals surface area contributed by atoms with Crippen LogP contribution < -0.4 is 4.90 Å². The summed E-state index contributed by atoms with van der Waals surface area (Å²) in [7, 11) is 0. The second-order valence-corrected chi connectivity index (χ2v) is 11.8. The highest BCUT2D eigenvalue weighted by atomic mass is 19.1. The molecule has 2 aliphatic heterocycles. The summed E-state index contributed by atoms with van der Waals surface area (Å²) in [6.07, 6.45) is 1.42. The van der Waals surface area contributed by atoms with Crippen LogP contribution in [0, 0.1) is 35.9 Å². The molecule has 0 spiro atoms. The van der Waals surface area contributed by atoms with Crippen LogP contribution in [0.2, 0.25) is 0 Å². The maximum atomic E-state index is 15.5. The predicted octanol–water partition coefficient (Wildman–Crippen LogP) is 5.00. The van der Waals surface area contributed by atoms with Gasteiger partial charge in [-0.25, -0.2) is 34.0 Å². The van der Waals surface area contributed by atoms with Gasteiger partial charge in [-0.05, 0) is 56.7 Å². The summed E-state index contributed by atoms with van der Waals surface area (Å²) in [5, 5.41) is 7.55. The van der Waals surface area contributed by atoms with Gasteiger partial charge in [0, 0.05) is 24.8 Å². The number of carbonyl (C=O) groups excluding carboxylic acids is 2. The lowest BCUT2D eigenvalue weighted by molar-refractivity contribution is 0.0264. The van der Waals surface area contributed by atoms with Crippen LogP contribution in [-0.4, -0.2) is 63.4 Å². The zero-order valence-corrected chi connectivity index (χ0v) is 23.1. The maximum absolute atomic E-state index is 15.5. The average Bonchev–Trinajstić information content (AvgIpc) is 3.42. The Morgan fingerprint density at radius 1 is 1.12 bits per heavy atom. The molecular weight excluding hydrogens is 553 g/mol. The molecule has 2 aromatic carbocycles. The Morgan fingerprint density at radius 2 is 1.81 bits per heavy atom. The number of nitrogens with zero attached hydrogens (tertiary/aromatic N) is 6. The molecule has 42 heavy (non-hydrogen) atoms. The minimum Gasteiger partial charge on any atom is -0.444 e. The van der Waals surface area contributed by atoms with E-state index in [4.69, 9.17) is 16.0 Å². The monoisotopic (exact) mass is 580 g/mol. The third-order valence-corrected chi connectivity index (χ3v) is 7.93. The number of halogens is 3. The minimum atomic E-state index is -1.44. The summed E-state index contributed by atoms with van der Waals surface area (Å²) in [5.41, 5.74) is -2.39. The van der Waals surface area contributed by atoms with Crippen molar-refractivity contribution in [3.63, 3.8) is 0 Å². The quantitative estimate of drug-likeness (QED) is 0.395. The first-order valence-electron chi connectivity index (χ1n) is 13.4. The van der Waals surface area contributed by atoms with Crippen molar-refractivity contribution in [2.24, 2.45) is 11.8 Å². The number of hydrogen-bond donors (Lipinski definition) is 0. The van der Waals surface area contributed by atoms with E-state index < -0.39 is 58.7 Å². The molecule has 4 atom stereocenters. The van der Waals surface area contributed by atoms with Crippen LogP contribution >= 0.6 is 0 Å². The van der Waals surface area contributed by atoms with E-state index >= 15 is 13.2 Å². The van der Waals surface area contributed by atoms with Gasteiger partial charge >= 0.3 is 12.2 Å². The minimum absolute atomic E-state index is 0.0489. The van der Waals surface area contributed by atoms with E-state index in [2.05, 4.69) is 15.2 Å². The Bertz CT molecular complexity index is 1580. The Hall–Kier alpha value is -4.60. The number of anilines is 1. The van der Waals surface area contributed by atoms with Gasteiger partial charge in [-0.3, -0.25) is 4.90 Å². The number of hydrogen-bond acceptors (Lipinski definition) is 6. The summed E-state index contributed by atoms with van der Waals surface area (Å²) in [5.74, 6) is -3.59. The molecule has 0 N–H and O–H groups in total. The summed E-state index contributed by atoms with van der Waals surface area (Å²) in [4.78, 5) is 31.2. The standard InChI is InChI=1S/C29H27F3N6O4/c1-28(2,3)42-26(39)36-14-20-21(15-36)29(20,33-4)25-23(31)9-16(10-24(25)32)19-6-5-17(11-22(19)30)38-13-18(41-27(38)40)12-37-8-7-34-35-37/h5-11,18,20-21H,12-15H2,1-3H3/t18-,20-,21+,29?/m0/s1. The van der Waals surface area contributed by atoms with Crippen LogP contribution in [0.4, 0.5) is 28.4 Å². The molecule has 0 bridgehead atoms. The molecule has 3 aromatic rings. The lowest BCUT2D eigenvalue weighted by atomic mass is 9.94. The number of benzene rings is 2. The summed E-state index contributed by atoms with van der Waals surface area (Å²) in [6.45, 7) is 13.8. The molecule has 3 fully saturated rings. The van der Waals surface area contributed by atoms with Gasteiger partial charge in [-0.1, -0.05) is 5.21 Å². The maximum Gasteiger partial charge on any atom is 0.414 e. The van der Waals surface area contributed by atoms with Gasteiger partial charge in [0.2, 0.25) is 0 Å². The van der Waals surface area contributed by atoms with Crippen molar-refractivity contribution in [1.29, 1.82) is 0 Å². The van der Waals surface area contributed by atoms with E-state index in [1.807, 2.05) is 0 Å². The molecule has 3 heterocycles. The van der Waals surface area contributed by atoms with Crippen molar-refractivity contribution in [3.05, 3.63) is 77.2 Å². The molecule has 218 valence electrons. The Kier molecular flexibility index (Phi) is 6.40. The first-order chi connectivity index (χ1) is 19.9. The molecule has 0 radical (unpaired) electrons. The number of carbonyl (C=O) groups is 2. The third kappa shape index (κ3) is 4.60. The third-order valence-electron chi connectivity index (χ3n) is 7.93. The Morgan fingerprint density at radius 3 is 2.38 bits per heavy atom. The number of amides is 2. The predicted molar refractivity (Wildman–Crippen MR) is 142 cm³/mol. The molecule has 1 aromatic heterocycles. The lowest BCUT2D eigenvalue weighted by Gasteiger charge is -2.26.